The van der Waals surface area contributed by atoms with Gasteiger partial charge < -0.3 is 0 Å². The summed E-state index contributed by atoms with van der Waals surface area (Å²) in [7, 11) is 0. The van der Waals surface area contributed by atoms with E-state index in [1.54, 1.807) is 6.07 Å². The molecular weight excluding hydrogens is 95.1 g/mol. The fraction of sp³-hybridized carbons (Fsp3) is 0.250. The van der Waals surface area contributed by atoms with Gasteiger partial charge in [0.05, 0.1) is 0 Å². The minimum absolute atomic E-state index is 0.566. The van der Waals surface area contributed by atoms with Crippen molar-refractivity contribution in [1.29, 1.82) is 0 Å². The van der Waals surface area contributed by atoms with Crippen molar-refractivity contribution in [1.82, 2.24) is 9.78 Å². The second-order valence-corrected chi connectivity index (χ2v) is 1.10. The summed E-state index contributed by atoms with van der Waals surface area (Å²) in [6, 6.07) is 1.56. The van der Waals surface area contributed by atoms with Crippen molar-refractivity contribution in [3.05, 3.63) is 18.5 Å². The Morgan fingerprint density at radius 2 is 2.71 bits per heavy atom. The van der Waals surface area contributed by atoms with Gasteiger partial charge in [-0.15, -0.1) is 0 Å². The van der Waals surface area contributed by atoms with E-state index in [1.165, 1.54) is 6.20 Å². The molecule has 0 bridgehead atoms. The van der Waals surface area contributed by atoms with E-state index in [2.05, 4.69) is 11.3 Å². The summed E-state index contributed by atoms with van der Waals surface area (Å²) < 4.78 is 12.6. The lowest BCUT2D eigenvalue weighted by Gasteiger charge is -1.84. The molecule has 2 nitrogen and oxygen atoms in total. The number of nitrogens with zero attached hydrogens (tertiary/aromatic N) is 2. The molecule has 0 saturated heterocycles. The molecule has 0 N–H and O–H groups in total. The number of hydrogen-bond donors (Lipinski definition) is 0. The monoisotopic (exact) mass is 99.0 g/mol. The predicted molar refractivity (Wildman–Crippen MR) is 22.2 cm³/mol. The van der Waals surface area contributed by atoms with Crippen molar-refractivity contribution in [3.63, 3.8) is 0 Å². The molecule has 0 saturated carbocycles. The Kier molecular flexibility index (Phi) is 1.06. The van der Waals surface area contributed by atoms with Gasteiger partial charge in [-0.1, -0.05) is 0 Å². The highest BCUT2D eigenvalue weighted by Gasteiger charge is 1.81. The van der Waals surface area contributed by atoms with E-state index in [4.69, 9.17) is 0 Å². The molecule has 1 aromatic heterocycles. The summed E-state index contributed by atoms with van der Waals surface area (Å²) >= 11 is 0. The summed E-state index contributed by atoms with van der Waals surface area (Å²) in [5, 5.41) is 3.45. The zero-order chi connectivity index (χ0) is 5.11. The van der Waals surface area contributed by atoms with Crippen molar-refractivity contribution < 1.29 is 4.39 Å². The van der Waals surface area contributed by atoms with Gasteiger partial charge in [-0.05, 0) is 6.07 Å². The van der Waals surface area contributed by atoms with Gasteiger partial charge >= 0.3 is 0 Å². The number of halogens is 1. The largest absolute Gasteiger partial charge is 0.241 e. The standard InChI is InChI=1S/C4H4FN2/c5-4-7-3-1-2-6-7/h1,3H,4H2. The van der Waals surface area contributed by atoms with E-state index >= 15 is 0 Å². The first-order chi connectivity index (χ1) is 3.43. The lowest BCUT2D eigenvalue weighted by atomic mass is 10.8. The van der Waals surface area contributed by atoms with Gasteiger partial charge in [-0.2, -0.15) is 5.10 Å². The smallest absolute Gasteiger partial charge is 0.181 e. The van der Waals surface area contributed by atoms with Crippen LogP contribution in [0, 0.1) is 6.20 Å². The van der Waals surface area contributed by atoms with Gasteiger partial charge in [-0.3, -0.25) is 0 Å². The van der Waals surface area contributed by atoms with E-state index in [-0.39, 0.29) is 0 Å². The van der Waals surface area contributed by atoms with E-state index in [9.17, 15) is 4.39 Å². The van der Waals surface area contributed by atoms with Gasteiger partial charge in [0.2, 0.25) is 0 Å². The SMILES string of the molecule is FCn1cc[c]n1. The molecule has 1 rings (SSSR count). The first kappa shape index (κ1) is 4.30. The quantitative estimate of drug-likeness (QED) is 0.504. The van der Waals surface area contributed by atoms with E-state index in [1.807, 2.05) is 0 Å². The maximum atomic E-state index is 11.4. The highest BCUT2D eigenvalue weighted by Crippen LogP contribution is 1.81. The van der Waals surface area contributed by atoms with E-state index in [0.29, 0.717) is 0 Å². The highest BCUT2D eigenvalue weighted by atomic mass is 19.1. The minimum atomic E-state index is -0.566. The molecular formula is C4H4FN2. The number of rotatable bonds is 1. The third-order valence-corrected chi connectivity index (χ3v) is 0.630. The number of alkyl halides is 1. The zero-order valence-electron chi connectivity index (χ0n) is 3.63. The lowest BCUT2D eigenvalue weighted by molar-refractivity contribution is 0.349. The molecule has 7 heavy (non-hydrogen) atoms. The summed E-state index contributed by atoms with van der Waals surface area (Å²) in [5.41, 5.74) is 0. The van der Waals surface area contributed by atoms with Crippen molar-refractivity contribution >= 4 is 0 Å². The molecule has 1 heterocycles. The van der Waals surface area contributed by atoms with Crippen LogP contribution in [0.3, 0.4) is 0 Å². The first-order valence-electron chi connectivity index (χ1n) is 1.89. The van der Waals surface area contributed by atoms with Gasteiger partial charge in [0, 0.05) is 6.20 Å². The maximum Gasteiger partial charge on any atom is 0.181 e. The van der Waals surface area contributed by atoms with Gasteiger partial charge in [0.1, 0.15) is 6.20 Å². The van der Waals surface area contributed by atoms with Crippen LogP contribution in [0.5, 0.6) is 0 Å². The second-order valence-electron chi connectivity index (χ2n) is 1.10. The molecule has 0 atom stereocenters. The minimum Gasteiger partial charge on any atom is -0.241 e. The normalized spacial score (nSPS) is 9.29. The van der Waals surface area contributed by atoms with E-state index < -0.39 is 6.80 Å². The highest BCUT2D eigenvalue weighted by molar-refractivity contribution is 4.73. The van der Waals surface area contributed by atoms with Crippen molar-refractivity contribution in [2.24, 2.45) is 0 Å². The van der Waals surface area contributed by atoms with Crippen LogP contribution in [0.1, 0.15) is 0 Å². The summed E-state index contributed by atoms with van der Waals surface area (Å²) in [6.45, 7) is -0.566. The van der Waals surface area contributed by atoms with Crippen molar-refractivity contribution in [3.8, 4) is 0 Å². The molecule has 0 aliphatic heterocycles. The molecule has 37 valence electrons. The van der Waals surface area contributed by atoms with Crippen molar-refractivity contribution in [2.75, 3.05) is 0 Å². The molecule has 0 fully saturated rings. The van der Waals surface area contributed by atoms with Gasteiger partial charge in [-0.25, -0.2) is 9.07 Å². The number of aromatic nitrogens is 2. The lowest BCUT2D eigenvalue weighted by Crippen LogP contribution is -1.90. The van der Waals surface area contributed by atoms with Crippen LogP contribution >= 0.6 is 0 Å². The third kappa shape index (κ3) is 0.765. The Morgan fingerprint density at radius 3 is 3.00 bits per heavy atom. The van der Waals surface area contributed by atoms with Crippen LogP contribution < -0.4 is 0 Å². The third-order valence-electron chi connectivity index (χ3n) is 0.630. The molecule has 0 aliphatic rings. The Labute approximate surface area is 40.6 Å². The fourth-order valence-corrected chi connectivity index (χ4v) is 0.327. The van der Waals surface area contributed by atoms with Gasteiger partial charge in [0.15, 0.2) is 6.80 Å². The molecule has 1 aromatic rings. The summed E-state index contributed by atoms with van der Waals surface area (Å²) in [5.74, 6) is 0. The predicted octanol–water partition coefficient (Wildman–Crippen LogP) is 0.610. The maximum absolute atomic E-state index is 11.4. The Bertz CT molecular complexity index is 124. The van der Waals surface area contributed by atoms with Gasteiger partial charge in [0.25, 0.3) is 0 Å². The van der Waals surface area contributed by atoms with Crippen LogP contribution in [0.25, 0.3) is 0 Å². The topological polar surface area (TPSA) is 17.8 Å². The van der Waals surface area contributed by atoms with Crippen LogP contribution in [0.15, 0.2) is 12.3 Å². The molecule has 1 radical (unpaired) electrons. The molecule has 0 aromatic carbocycles. The van der Waals surface area contributed by atoms with Crippen LogP contribution in [-0.2, 0) is 6.80 Å². The number of hydrogen-bond acceptors (Lipinski definition) is 1. The molecule has 0 amide bonds. The van der Waals surface area contributed by atoms with E-state index in [0.717, 1.165) is 4.68 Å². The summed E-state index contributed by atoms with van der Waals surface area (Å²) in [6.07, 6.45) is 3.97. The average molecular weight is 99.1 g/mol. The average Bonchev–Trinajstić information content (AvgIpc) is 2.14. The Balaban J connectivity index is 2.76. The van der Waals surface area contributed by atoms with Crippen LogP contribution in [0.4, 0.5) is 4.39 Å². The molecule has 0 unspecified atom stereocenters. The Hall–Kier alpha value is -0.860. The molecule has 0 spiro atoms. The van der Waals surface area contributed by atoms with Crippen molar-refractivity contribution in [2.45, 2.75) is 6.80 Å². The molecule has 3 heteroatoms. The first-order valence-corrected chi connectivity index (χ1v) is 1.89. The molecule has 0 aliphatic carbocycles. The Morgan fingerprint density at radius 1 is 1.86 bits per heavy atom. The van der Waals surface area contributed by atoms with Crippen LogP contribution in [0.2, 0.25) is 0 Å². The summed E-state index contributed by atoms with van der Waals surface area (Å²) in [4.78, 5) is 0. The fourth-order valence-electron chi connectivity index (χ4n) is 0.327. The van der Waals surface area contributed by atoms with Crippen LogP contribution in [-0.4, -0.2) is 9.78 Å². The second kappa shape index (κ2) is 1.73. The zero-order valence-corrected chi connectivity index (χ0v) is 3.63.